The van der Waals surface area contributed by atoms with E-state index in [1.165, 1.54) is 0 Å². The first-order valence-electron chi connectivity index (χ1n) is 7.32. The van der Waals surface area contributed by atoms with Crippen molar-refractivity contribution < 1.29 is 9.59 Å². The molecule has 5 heteroatoms. The first-order chi connectivity index (χ1) is 10.8. The third-order valence-electron chi connectivity index (χ3n) is 3.78. The highest BCUT2D eigenvalue weighted by molar-refractivity contribution is 6.01. The fourth-order valence-corrected chi connectivity index (χ4v) is 2.69. The largest absolute Gasteiger partial charge is 0.327 e. The topological polar surface area (TPSA) is 62.3 Å². The number of likely N-dealkylation sites (tertiary alicyclic amines) is 1. The van der Waals surface area contributed by atoms with Crippen LogP contribution in [0.3, 0.4) is 0 Å². The fourth-order valence-electron chi connectivity index (χ4n) is 2.69. The molecule has 0 bridgehead atoms. The summed E-state index contributed by atoms with van der Waals surface area (Å²) in [4.78, 5) is 30.5. The zero-order valence-corrected chi connectivity index (χ0v) is 12.1. The van der Waals surface area contributed by atoms with Crippen molar-refractivity contribution in [1.29, 1.82) is 0 Å². The molecule has 0 saturated carbocycles. The molecule has 1 saturated heterocycles. The van der Waals surface area contributed by atoms with Crippen molar-refractivity contribution in [2.75, 3.05) is 11.9 Å². The van der Waals surface area contributed by atoms with Gasteiger partial charge in [0.05, 0.1) is 0 Å². The molecule has 0 spiro atoms. The molecular formula is C17H17N3O2. The Hall–Kier alpha value is -2.69. The van der Waals surface area contributed by atoms with Gasteiger partial charge in [-0.1, -0.05) is 18.2 Å². The predicted molar refractivity (Wildman–Crippen MR) is 83.4 cm³/mol. The van der Waals surface area contributed by atoms with Gasteiger partial charge in [-0.25, -0.2) is 0 Å². The number of hydrogen-bond acceptors (Lipinski definition) is 3. The summed E-state index contributed by atoms with van der Waals surface area (Å²) in [5.74, 6) is -0.251. The minimum atomic E-state index is -0.416. The first kappa shape index (κ1) is 14.3. The molecule has 2 amide bonds. The number of carbonyl (C=O) groups is 2. The van der Waals surface area contributed by atoms with Gasteiger partial charge in [-0.15, -0.1) is 0 Å². The molecule has 0 radical (unpaired) electrons. The van der Waals surface area contributed by atoms with Crippen molar-refractivity contribution in [2.45, 2.75) is 18.9 Å². The Kier molecular flexibility index (Phi) is 4.14. The average molecular weight is 295 g/mol. The lowest BCUT2D eigenvalue weighted by molar-refractivity contribution is -0.119. The number of nitrogens with one attached hydrogen (secondary N) is 1. The molecule has 0 unspecified atom stereocenters. The number of amides is 2. The predicted octanol–water partition coefficient (Wildman–Crippen LogP) is 2.32. The number of carbonyl (C=O) groups excluding carboxylic acids is 2. The molecule has 5 nitrogen and oxygen atoms in total. The molecule has 0 aliphatic carbocycles. The van der Waals surface area contributed by atoms with E-state index in [2.05, 4.69) is 10.3 Å². The summed E-state index contributed by atoms with van der Waals surface area (Å²) in [7, 11) is 0. The fraction of sp³-hybridized carbons (Fsp3) is 0.235. The number of hydrogen-bond donors (Lipinski definition) is 1. The quantitative estimate of drug-likeness (QED) is 0.945. The van der Waals surface area contributed by atoms with Gasteiger partial charge < -0.3 is 10.2 Å². The van der Waals surface area contributed by atoms with Crippen LogP contribution in [0.1, 0.15) is 23.2 Å². The maximum atomic E-state index is 12.5. The lowest BCUT2D eigenvalue weighted by Gasteiger charge is -2.24. The molecule has 3 rings (SSSR count). The van der Waals surface area contributed by atoms with Gasteiger partial charge in [-0.3, -0.25) is 14.6 Å². The Morgan fingerprint density at radius 2 is 1.82 bits per heavy atom. The van der Waals surface area contributed by atoms with Gasteiger partial charge in [0.2, 0.25) is 5.91 Å². The minimum absolute atomic E-state index is 0.117. The van der Waals surface area contributed by atoms with Crippen LogP contribution < -0.4 is 5.32 Å². The summed E-state index contributed by atoms with van der Waals surface area (Å²) in [5.41, 5.74) is 1.31. The van der Waals surface area contributed by atoms with Gasteiger partial charge in [-0.05, 0) is 37.1 Å². The summed E-state index contributed by atoms with van der Waals surface area (Å²) >= 11 is 0. The van der Waals surface area contributed by atoms with Gasteiger partial charge in [0.25, 0.3) is 5.91 Å². The lowest BCUT2D eigenvalue weighted by Crippen LogP contribution is -2.43. The van der Waals surface area contributed by atoms with Crippen LogP contribution in [0.4, 0.5) is 5.69 Å². The summed E-state index contributed by atoms with van der Waals surface area (Å²) in [6, 6.07) is 12.2. The summed E-state index contributed by atoms with van der Waals surface area (Å²) in [5, 5.41) is 2.87. The minimum Gasteiger partial charge on any atom is -0.327 e. The van der Waals surface area contributed by atoms with Crippen molar-refractivity contribution in [3.05, 3.63) is 60.4 Å². The Bertz CT molecular complexity index is 658. The zero-order valence-electron chi connectivity index (χ0n) is 12.1. The van der Waals surface area contributed by atoms with E-state index in [1.54, 1.807) is 29.4 Å². The number of rotatable bonds is 3. The van der Waals surface area contributed by atoms with Crippen molar-refractivity contribution in [3.8, 4) is 0 Å². The van der Waals surface area contributed by atoms with E-state index in [0.717, 1.165) is 12.1 Å². The smallest absolute Gasteiger partial charge is 0.254 e. The molecule has 2 heterocycles. The third kappa shape index (κ3) is 2.98. The van der Waals surface area contributed by atoms with E-state index in [1.807, 2.05) is 30.3 Å². The molecule has 112 valence electrons. The van der Waals surface area contributed by atoms with E-state index in [9.17, 15) is 9.59 Å². The summed E-state index contributed by atoms with van der Waals surface area (Å²) in [6.45, 7) is 0.605. The maximum Gasteiger partial charge on any atom is 0.254 e. The Morgan fingerprint density at radius 1 is 1.09 bits per heavy atom. The number of anilines is 1. The molecule has 1 N–H and O–H groups in total. The van der Waals surface area contributed by atoms with Crippen LogP contribution in [-0.4, -0.2) is 34.3 Å². The van der Waals surface area contributed by atoms with Crippen LogP contribution in [0.25, 0.3) is 0 Å². The number of aromatic nitrogens is 1. The second kappa shape index (κ2) is 6.39. The molecule has 1 fully saturated rings. The van der Waals surface area contributed by atoms with Crippen LogP contribution in [-0.2, 0) is 4.79 Å². The van der Waals surface area contributed by atoms with E-state index in [-0.39, 0.29) is 11.8 Å². The average Bonchev–Trinajstić information content (AvgIpc) is 3.05. The second-order valence-electron chi connectivity index (χ2n) is 5.25. The van der Waals surface area contributed by atoms with E-state index >= 15 is 0 Å². The molecular weight excluding hydrogens is 278 g/mol. The van der Waals surface area contributed by atoms with Crippen LogP contribution >= 0.6 is 0 Å². The Balaban J connectivity index is 1.73. The zero-order chi connectivity index (χ0) is 15.4. The van der Waals surface area contributed by atoms with E-state index in [4.69, 9.17) is 0 Å². The summed E-state index contributed by atoms with van der Waals surface area (Å²) in [6.07, 6.45) is 4.70. The van der Waals surface area contributed by atoms with Gasteiger partial charge in [-0.2, -0.15) is 0 Å². The number of benzene rings is 1. The van der Waals surface area contributed by atoms with Crippen molar-refractivity contribution >= 4 is 17.5 Å². The second-order valence-corrected chi connectivity index (χ2v) is 5.25. The maximum absolute atomic E-state index is 12.5. The van der Waals surface area contributed by atoms with Crippen LogP contribution in [0.2, 0.25) is 0 Å². The standard InChI is InChI=1S/C17H17N3O2/c21-16(19-14-5-2-1-3-6-14)15-7-4-12-20(15)17(22)13-8-10-18-11-9-13/h1-3,5-6,8-11,15H,4,7,12H2,(H,19,21)/t15-/m1/s1. The van der Waals surface area contributed by atoms with Gasteiger partial charge >= 0.3 is 0 Å². The Labute approximate surface area is 129 Å². The van der Waals surface area contributed by atoms with Gasteiger partial charge in [0, 0.05) is 30.2 Å². The molecule has 2 aromatic rings. The number of pyridine rings is 1. The molecule has 1 aliphatic rings. The van der Waals surface area contributed by atoms with E-state index < -0.39 is 6.04 Å². The normalized spacial score (nSPS) is 17.3. The highest BCUT2D eigenvalue weighted by Gasteiger charge is 2.34. The molecule has 1 aromatic carbocycles. The lowest BCUT2D eigenvalue weighted by atomic mass is 10.1. The Morgan fingerprint density at radius 3 is 2.55 bits per heavy atom. The number of nitrogens with zero attached hydrogens (tertiary/aromatic N) is 2. The highest BCUT2D eigenvalue weighted by atomic mass is 16.2. The highest BCUT2D eigenvalue weighted by Crippen LogP contribution is 2.21. The van der Waals surface area contributed by atoms with Crippen molar-refractivity contribution in [1.82, 2.24) is 9.88 Å². The van der Waals surface area contributed by atoms with E-state index in [0.29, 0.717) is 18.5 Å². The van der Waals surface area contributed by atoms with Crippen LogP contribution in [0.15, 0.2) is 54.9 Å². The first-order valence-corrected chi connectivity index (χ1v) is 7.32. The summed E-state index contributed by atoms with van der Waals surface area (Å²) < 4.78 is 0. The monoisotopic (exact) mass is 295 g/mol. The molecule has 1 aromatic heterocycles. The van der Waals surface area contributed by atoms with Crippen molar-refractivity contribution in [2.24, 2.45) is 0 Å². The van der Waals surface area contributed by atoms with Gasteiger partial charge in [0.15, 0.2) is 0 Å². The number of para-hydroxylation sites is 1. The van der Waals surface area contributed by atoms with Crippen LogP contribution in [0.5, 0.6) is 0 Å². The SMILES string of the molecule is O=C(Nc1ccccc1)[C@H]1CCCN1C(=O)c1ccncc1. The molecule has 1 atom stereocenters. The van der Waals surface area contributed by atoms with Crippen LogP contribution in [0, 0.1) is 0 Å². The van der Waals surface area contributed by atoms with Crippen molar-refractivity contribution in [3.63, 3.8) is 0 Å². The third-order valence-corrected chi connectivity index (χ3v) is 3.78. The molecule has 1 aliphatic heterocycles. The van der Waals surface area contributed by atoms with Gasteiger partial charge in [0.1, 0.15) is 6.04 Å². The molecule has 22 heavy (non-hydrogen) atoms.